The molecule has 5 nitrogen and oxygen atoms in total. The number of carbonyl (C=O) groups excluding carboxylic acids is 2. The topological polar surface area (TPSA) is 66.8 Å². The van der Waals surface area contributed by atoms with Crippen LogP contribution in [0.4, 0.5) is 5.69 Å². The van der Waals surface area contributed by atoms with Gasteiger partial charge in [0.1, 0.15) is 6.26 Å². The minimum absolute atomic E-state index is 0.166. The Balaban J connectivity index is 3.39. The number of nitrogens with zero attached hydrogens (tertiary/aromatic N) is 1. The maximum atomic E-state index is 11.9. The number of para-hydroxylation sites is 1. The lowest BCUT2D eigenvalue weighted by Gasteiger charge is -2.24. The van der Waals surface area contributed by atoms with Crippen LogP contribution in [0.15, 0.2) is 30.2 Å². The predicted octanol–water partition coefficient (Wildman–Crippen LogP) is 2.74. The van der Waals surface area contributed by atoms with E-state index < -0.39 is 5.97 Å². The van der Waals surface area contributed by atoms with Gasteiger partial charge in [-0.2, -0.15) is 0 Å². The van der Waals surface area contributed by atoms with Crippen LogP contribution in [0, 0.1) is 0 Å². The molecule has 0 atom stereocenters. The van der Waals surface area contributed by atoms with Crippen molar-refractivity contribution < 1.29 is 19.4 Å². The molecule has 1 amide bonds. The molecule has 5 heteroatoms. The van der Waals surface area contributed by atoms with Gasteiger partial charge in [0.15, 0.2) is 5.70 Å². The Morgan fingerprint density at radius 2 is 1.81 bits per heavy atom. The standard InChI is InChI=1S/C16H21NO4/c1-4-12-8-7-9-13(5-2)15(12)17(11-19)14(10-18)16(20)21-6-3/h7-11,18H,4-6H2,1-3H3. The Bertz CT molecular complexity index is 515. The summed E-state index contributed by atoms with van der Waals surface area (Å²) in [5, 5.41) is 9.35. The molecule has 21 heavy (non-hydrogen) atoms. The van der Waals surface area contributed by atoms with E-state index in [9.17, 15) is 14.7 Å². The van der Waals surface area contributed by atoms with Gasteiger partial charge in [0.2, 0.25) is 6.41 Å². The molecule has 1 aromatic rings. The van der Waals surface area contributed by atoms with Crippen molar-refractivity contribution in [3.63, 3.8) is 0 Å². The number of benzene rings is 1. The molecule has 0 heterocycles. The highest BCUT2D eigenvalue weighted by atomic mass is 16.5. The average Bonchev–Trinajstić information content (AvgIpc) is 2.51. The number of anilines is 1. The minimum Gasteiger partial charge on any atom is -0.513 e. The van der Waals surface area contributed by atoms with Crippen LogP contribution in [-0.2, 0) is 27.2 Å². The van der Waals surface area contributed by atoms with Crippen LogP contribution >= 0.6 is 0 Å². The second kappa shape index (κ2) is 8.09. The average molecular weight is 291 g/mol. The molecule has 0 aliphatic carbocycles. The number of amides is 1. The second-order valence-electron chi connectivity index (χ2n) is 4.34. The first kappa shape index (κ1) is 16.8. The number of aliphatic hydroxyl groups excluding tert-OH is 1. The molecule has 0 aliphatic rings. The first-order valence-corrected chi connectivity index (χ1v) is 7.01. The summed E-state index contributed by atoms with van der Waals surface area (Å²) in [7, 11) is 0. The van der Waals surface area contributed by atoms with Gasteiger partial charge in [-0.15, -0.1) is 0 Å². The summed E-state index contributed by atoms with van der Waals surface area (Å²) in [6, 6.07) is 5.70. The van der Waals surface area contributed by atoms with Gasteiger partial charge in [0.05, 0.1) is 12.3 Å². The van der Waals surface area contributed by atoms with Crippen molar-refractivity contribution in [1.82, 2.24) is 0 Å². The summed E-state index contributed by atoms with van der Waals surface area (Å²) < 4.78 is 4.88. The van der Waals surface area contributed by atoms with E-state index in [1.807, 2.05) is 32.0 Å². The van der Waals surface area contributed by atoms with Crippen LogP contribution < -0.4 is 4.90 Å². The molecule has 1 N–H and O–H groups in total. The fraction of sp³-hybridized carbons (Fsp3) is 0.375. The zero-order valence-electron chi connectivity index (χ0n) is 12.6. The van der Waals surface area contributed by atoms with Crippen LogP contribution in [0.1, 0.15) is 31.9 Å². The second-order valence-corrected chi connectivity index (χ2v) is 4.34. The van der Waals surface area contributed by atoms with E-state index in [4.69, 9.17) is 4.74 Å². The number of rotatable bonds is 7. The Hall–Kier alpha value is -2.30. The van der Waals surface area contributed by atoms with E-state index in [0.717, 1.165) is 16.0 Å². The summed E-state index contributed by atoms with van der Waals surface area (Å²) in [5.74, 6) is -0.736. The van der Waals surface area contributed by atoms with Crippen molar-refractivity contribution in [1.29, 1.82) is 0 Å². The van der Waals surface area contributed by atoms with Gasteiger partial charge in [0, 0.05) is 0 Å². The number of hydrogen-bond acceptors (Lipinski definition) is 4. The third-order valence-electron chi connectivity index (χ3n) is 3.18. The predicted molar refractivity (Wildman–Crippen MR) is 81.1 cm³/mol. The number of carbonyl (C=O) groups is 2. The lowest BCUT2D eigenvalue weighted by Crippen LogP contribution is -2.29. The normalized spacial score (nSPS) is 11.1. The van der Waals surface area contributed by atoms with E-state index >= 15 is 0 Å². The van der Waals surface area contributed by atoms with Gasteiger partial charge in [-0.3, -0.25) is 9.69 Å². The van der Waals surface area contributed by atoms with Gasteiger partial charge >= 0.3 is 5.97 Å². The van der Waals surface area contributed by atoms with Gasteiger partial charge in [-0.25, -0.2) is 4.79 Å². The summed E-state index contributed by atoms with van der Waals surface area (Å²) in [4.78, 5) is 24.6. The molecule has 0 spiro atoms. The van der Waals surface area contributed by atoms with Crippen molar-refractivity contribution in [3.8, 4) is 0 Å². The lowest BCUT2D eigenvalue weighted by atomic mass is 10.0. The molecule has 0 unspecified atom stereocenters. The van der Waals surface area contributed by atoms with Gasteiger partial charge < -0.3 is 9.84 Å². The SMILES string of the molecule is CCOC(=O)C(=CO)N(C=O)c1c(CC)cccc1CC. The number of aliphatic hydroxyl groups is 1. The molecule has 0 aliphatic heterocycles. The van der Waals surface area contributed by atoms with Gasteiger partial charge in [-0.05, 0) is 30.9 Å². The molecule has 0 bridgehead atoms. The fourth-order valence-electron chi connectivity index (χ4n) is 2.17. The third-order valence-corrected chi connectivity index (χ3v) is 3.18. The Kier molecular flexibility index (Phi) is 6.46. The molecule has 0 radical (unpaired) electrons. The number of ether oxygens (including phenoxy) is 1. The zero-order valence-corrected chi connectivity index (χ0v) is 12.6. The summed E-state index contributed by atoms with van der Waals surface area (Å²) in [6.07, 6.45) is 2.54. The first-order valence-electron chi connectivity index (χ1n) is 7.01. The highest BCUT2D eigenvalue weighted by Crippen LogP contribution is 2.29. The molecule has 0 saturated heterocycles. The molecule has 0 saturated carbocycles. The molecular formula is C16H21NO4. The van der Waals surface area contributed by atoms with Crippen LogP contribution in [0.3, 0.4) is 0 Å². The molecule has 114 valence electrons. The lowest BCUT2D eigenvalue weighted by molar-refractivity contribution is -0.139. The highest BCUT2D eigenvalue weighted by Gasteiger charge is 2.24. The molecule has 1 aromatic carbocycles. The first-order chi connectivity index (χ1) is 10.1. The molecule has 1 rings (SSSR count). The van der Waals surface area contributed by atoms with Crippen LogP contribution in [-0.4, -0.2) is 24.1 Å². The Labute approximate surface area is 124 Å². The quantitative estimate of drug-likeness (QED) is 0.363. The molecule has 0 fully saturated rings. The Morgan fingerprint density at radius 1 is 1.24 bits per heavy atom. The molecule has 0 aromatic heterocycles. The number of aryl methyl sites for hydroxylation is 2. The Morgan fingerprint density at radius 3 is 2.19 bits per heavy atom. The van der Waals surface area contributed by atoms with Crippen LogP contribution in [0.5, 0.6) is 0 Å². The van der Waals surface area contributed by atoms with E-state index in [-0.39, 0.29) is 12.3 Å². The maximum Gasteiger partial charge on any atom is 0.358 e. The van der Waals surface area contributed by atoms with Crippen molar-refractivity contribution in [2.75, 3.05) is 11.5 Å². The van der Waals surface area contributed by atoms with Crippen molar-refractivity contribution in [2.45, 2.75) is 33.6 Å². The highest BCUT2D eigenvalue weighted by molar-refractivity contribution is 6.00. The van der Waals surface area contributed by atoms with E-state index in [0.29, 0.717) is 31.2 Å². The van der Waals surface area contributed by atoms with E-state index in [1.54, 1.807) is 6.92 Å². The van der Waals surface area contributed by atoms with E-state index in [2.05, 4.69) is 0 Å². The summed E-state index contributed by atoms with van der Waals surface area (Å²) in [6.45, 7) is 5.76. The van der Waals surface area contributed by atoms with Crippen molar-refractivity contribution in [2.24, 2.45) is 0 Å². The van der Waals surface area contributed by atoms with Crippen molar-refractivity contribution >= 4 is 18.1 Å². The largest absolute Gasteiger partial charge is 0.513 e. The smallest absolute Gasteiger partial charge is 0.358 e. The number of hydrogen-bond donors (Lipinski definition) is 1. The van der Waals surface area contributed by atoms with Gasteiger partial charge in [0.25, 0.3) is 0 Å². The fourth-order valence-corrected chi connectivity index (χ4v) is 2.17. The summed E-state index contributed by atoms with van der Waals surface area (Å²) in [5.41, 5.74) is 2.28. The van der Waals surface area contributed by atoms with Gasteiger partial charge in [-0.1, -0.05) is 32.0 Å². The van der Waals surface area contributed by atoms with Crippen LogP contribution in [0.2, 0.25) is 0 Å². The summed E-state index contributed by atoms with van der Waals surface area (Å²) >= 11 is 0. The zero-order chi connectivity index (χ0) is 15.8. The van der Waals surface area contributed by atoms with Crippen molar-refractivity contribution in [3.05, 3.63) is 41.3 Å². The monoisotopic (exact) mass is 291 g/mol. The third kappa shape index (κ3) is 3.62. The number of esters is 1. The van der Waals surface area contributed by atoms with Crippen LogP contribution in [0.25, 0.3) is 0 Å². The minimum atomic E-state index is -0.736. The maximum absolute atomic E-state index is 11.9. The molecular weight excluding hydrogens is 270 g/mol. The van der Waals surface area contributed by atoms with E-state index in [1.165, 1.54) is 0 Å².